The van der Waals surface area contributed by atoms with Crippen LogP contribution in [-0.2, 0) is 11.0 Å². The molecule has 0 saturated carbocycles. The molecule has 0 fully saturated rings. The van der Waals surface area contributed by atoms with Gasteiger partial charge >= 0.3 is 6.18 Å². The normalized spacial score (nSPS) is 11.6. The molecule has 1 rings (SSSR count). The molecule has 96 valence electrons. The number of rotatable bonds is 4. The van der Waals surface area contributed by atoms with E-state index >= 15 is 0 Å². The highest BCUT2D eigenvalue weighted by molar-refractivity contribution is 7.12. The van der Waals surface area contributed by atoms with Gasteiger partial charge in [-0.2, -0.15) is 13.2 Å². The van der Waals surface area contributed by atoms with Crippen molar-refractivity contribution in [2.75, 3.05) is 13.2 Å². The molecule has 0 spiro atoms. The zero-order chi connectivity index (χ0) is 13.1. The Balaban J connectivity index is 2.86. The highest BCUT2D eigenvalue weighted by Gasteiger charge is 2.38. The molecule has 2 N–H and O–H groups in total. The SMILES string of the molecule is Cc1nc(C(=O)NOCCO)c(C(F)(F)F)s1. The number of nitrogens with one attached hydrogen (secondary N) is 1. The Bertz CT molecular complexity index is 405. The van der Waals surface area contributed by atoms with Crippen LogP contribution in [0.15, 0.2) is 0 Å². The van der Waals surface area contributed by atoms with Crippen molar-refractivity contribution in [1.82, 2.24) is 10.5 Å². The highest BCUT2D eigenvalue weighted by Crippen LogP contribution is 2.36. The number of carbonyl (C=O) groups excluding carboxylic acids is 1. The van der Waals surface area contributed by atoms with Crippen molar-refractivity contribution < 1.29 is 27.9 Å². The lowest BCUT2D eigenvalue weighted by atomic mass is 10.3. The lowest BCUT2D eigenvalue weighted by molar-refractivity contribution is -0.134. The standard InChI is InChI=1S/C8H9F3N2O3S/c1-4-12-5(6(17-4)8(9,10)11)7(15)13-16-3-2-14/h14H,2-3H2,1H3,(H,13,15). The Kier molecular flexibility index (Phi) is 4.43. The molecule has 0 radical (unpaired) electrons. The third-order valence-electron chi connectivity index (χ3n) is 1.56. The summed E-state index contributed by atoms with van der Waals surface area (Å²) < 4.78 is 37.6. The van der Waals surface area contributed by atoms with Crippen LogP contribution in [0.3, 0.4) is 0 Å². The van der Waals surface area contributed by atoms with Crippen molar-refractivity contribution in [2.24, 2.45) is 0 Å². The van der Waals surface area contributed by atoms with Crippen LogP contribution in [0.5, 0.6) is 0 Å². The van der Waals surface area contributed by atoms with Gasteiger partial charge in [-0.15, -0.1) is 11.3 Å². The average molecular weight is 270 g/mol. The van der Waals surface area contributed by atoms with Crippen molar-refractivity contribution in [3.05, 3.63) is 15.6 Å². The number of hydroxylamine groups is 1. The zero-order valence-corrected chi connectivity index (χ0v) is 9.48. The molecule has 1 amide bonds. The van der Waals surface area contributed by atoms with E-state index in [-0.39, 0.29) is 18.2 Å². The molecule has 0 saturated heterocycles. The van der Waals surface area contributed by atoms with Crippen LogP contribution in [0, 0.1) is 6.92 Å². The van der Waals surface area contributed by atoms with Gasteiger partial charge in [0.25, 0.3) is 5.91 Å². The monoisotopic (exact) mass is 270 g/mol. The van der Waals surface area contributed by atoms with Gasteiger partial charge in [-0.3, -0.25) is 9.63 Å². The minimum absolute atomic E-state index is 0.129. The molecular formula is C8H9F3N2O3S. The summed E-state index contributed by atoms with van der Waals surface area (Å²) in [4.78, 5) is 18.2. The number of hydrogen-bond donors (Lipinski definition) is 2. The van der Waals surface area contributed by atoms with E-state index in [0.717, 1.165) is 0 Å². The molecule has 0 aliphatic rings. The fourth-order valence-electron chi connectivity index (χ4n) is 0.984. The third-order valence-corrected chi connectivity index (χ3v) is 2.58. The number of carbonyl (C=O) groups is 1. The lowest BCUT2D eigenvalue weighted by Crippen LogP contribution is -2.27. The van der Waals surface area contributed by atoms with Crippen molar-refractivity contribution in [1.29, 1.82) is 0 Å². The molecule has 17 heavy (non-hydrogen) atoms. The van der Waals surface area contributed by atoms with Crippen LogP contribution >= 0.6 is 11.3 Å². The summed E-state index contributed by atoms with van der Waals surface area (Å²) in [6.45, 7) is 0.796. The number of amides is 1. The molecule has 0 aromatic carbocycles. The molecule has 1 aromatic heterocycles. The fraction of sp³-hybridized carbons (Fsp3) is 0.500. The predicted octanol–water partition coefficient (Wildman–Crippen LogP) is 1.12. The largest absolute Gasteiger partial charge is 0.427 e. The van der Waals surface area contributed by atoms with Gasteiger partial charge in [-0.05, 0) is 6.92 Å². The van der Waals surface area contributed by atoms with E-state index in [9.17, 15) is 18.0 Å². The predicted molar refractivity (Wildman–Crippen MR) is 52.4 cm³/mol. The Labute approximate surface area is 98.2 Å². The molecular weight excluding hydrogens is 261 g/mol. The van der Waals surface area contributed by atoms with E-state index in [1.165, 1.54) is 6.92 Å². The summed E-state index contributed by atoms with van der Waals surface area (Å²) in [5.41, 5.74) is 1.05. The van der Waals surface area contributed by atoms with Gasteiger partial charge < -0.3 is 5.11 Å². The first kappa shape index (κ1) is 13.9. The maximum Gasteiger partial charge on any atom is 0.427 e. The molecule has 1 heterocycles. The van der Waals surface area contributed by atoms with Crippen molar-refractivity contribution >= 4 is 17.2 Å². The van der Waals surface area contributed by atoms with E-state index < -0.39 is 22.7 Å². The number of thiazole rings is 1. The molecule has 9 heteroatoms. The van der Waals surface area contributed by atoms with Crippen LogP contribution in [0.25, 0.3) is 0 Å². The molecule has 0 atom stereocenters. The summed E-state index contributed by atoms with van der Waals surface area (Å²) in [7, 11) is 0. The molecule has 5 nitrogen and oxygen atoms in total. The van der Waals surface area contributed by atoms with Gasteiger partial charge in [0.2, 0.25) is 0 Å². The topological polar surface area (TPSA) is 71.5 Å². The number of alkyl halides is 3. The van der Waals surface area contributed by atoms with Crippen LogP contribution in [0.4, 0.5) is 13.2 Å². The Morgan fingerprint density at radius 2 is 2.24 bits per heavy atom. The maximum atomic E-state index is 12.5. The van der Waals surface area contributed by atoms with E-state index in [4.69, 9.17) is 5.11 Å². The number of aryl methyl sites for hydroxylation is 1. The molecule has 0 unspecified atom stereocenters. The Morgan fingerprint density at radius 1 is 1.59 bits per heavy atom. The second-order valence-electron chi connectivity index (χ2n) is 2.91. The van der Waals surface area contributed by atoms with Crippen molar-refractivity contribution in [3.63, 3.8) is 0 Å². The van der Waals surface area contributed by atoms with E-state index in [0.29, 0.717) is 11.3 Å². The van der Waals surface area contributed by atoms with Crippen LogP contribution < -0.4 is 5.48 Å². The Hall–Kier alpha value is -1.19. The first-order chi connectivity index (χ1) is 7.86. The second-order valence-corrected chi connectivity index (χ2v) is 4.11. The zero-order valence-electron chi connectivity index (χ0n) is 8.67. The minimum atomic E-state index is -4.63. The summed E-state index contributed by atoms with van der Waals surface area (Å²) in [6, 6.07) is 0. The molecule has 0 bridgehead atoms. The summed E-state index contributed by atoms with van der Waals surface area (Å²) in [6.07, 6.45) is -4.63. The molecule has 1 aromatic rings. The minimum Gasteiger partial charge on any atom is -0.394 e. The molecule has 0 aliphatic carbocycles. The van der Waals surface area contributed by atoms with Crippen molar-refractivity contribution in [3.8, 4) is 0 Å². The molecule has 0 aliphatic heterocycles. The fourth-order valence-corrected chi connectivity index (χ4v) is 1.77. The van der Waals surface area contributed by atoms with Crippen molar-refractivity contribution in [2.45, 2.75) is 13.1 Å². The first-order valence-corrected chi connectivity index (χ1v) is 5.25. The van der Waals surface area contributed by atoms with Gasteiger partial charge in [-0.25, -0.2) is 10.5 Å². The number of aliphatic hydroxyl groups is 1. The van der Waals surface area contributed by atoms with Crippen LogP contribution in [0.2, 0.25) is 0 Å². The van der Waals surface area contributed by atoms with E-state index in [1.807, 2.05) is 0 Å². The summed E-state index contributed by atoms with van der Waals surface area (Å²) >= 11 is 0.387. The van der Waals surface area contributed by atoms with Gasteiger partial charge in [-0.1, -0.05) is 0 Å². The third kappa shape index (κ3) is 3.65. The highest BCUT2D eigenvalue weighted by atomic mass is 32.1. The number of nitrogens with zero attached hydrogens (tertiary/aromatic N) is 1. The van der Waals surface area contributed by atoms with E-state index in [1.54, 1.807) is 5.48 Å². The smallest absolute Gasteiger partial charge is 0.394 e. The first-order valence-electron chi connectivity index (χ1n) is 4.44. The summed E-state index contributed by atoms with van der Waals surface area (Å²) in [5, 5.41) is 8.50. The van der Waals surface area contributed by atoms with Gasteiger partial charge in [0.15, 0.2) is 5.69 Å². The second kappa shape index (κ2) is 5.43. The van der Waals surface area contributed by atoms with Gasteiger partial charge in [0, 0.05) is 0 Å². The number of hydrogen-bond acceptors (Lipinski definition) is 5. The maximum absolute atomic E-state index is 12.5. The van der Waals surface area contributed by atoms with Crippen LogP contribution in [0.1, 0.15) is 20.4 Å². The average Bonchev–Trinajstić information content (AvgIpc) is 2.60. The number of halogens is 3. The summed E-state index contributed by atoms with van der Waals surface area (Å²) in [5.74, 6) is -1.09. The quantitative estimate of drug-likeness (QED) is 0.635. The van der Waals surface area contributed by atoms with Gasteiger partial charge in [0.05, 0.1) is 18.2 Å². The Morgan fingerprint density at radius 3 is 2.76 bits per heavy atom. The number of aromatic nitrogens is 1. The van der Waals surface area contributed by atoms with Gasteiger partial charge in [0.1, 0.15) is 4.88 Å². The number of aliphatic hydroxyl groups excluding tert-OH is 1. The van der Waals surface area contributed by atoms with Crippen LogP contribution in [-0.4, -0.2) is 29.2 Å². The van der Waals surface area contributed by atoms with E-state index in [2.05, 4.69) is 9.82 Å². The lowest BCUT2D eigenvalue weighted by Gasteiger charge is -2.06.